The van der Waals surface area contributed by atoms with Crippen molar-refractivity contribution < 1.29 is 9.59 Å². The first-order valence-corrected chi connectivity index (χ1v) is 7.06. The zero-order chi connectivity index (χ0) is 15.6. The van der Waals surface area contributed by atoms with Gasteiger partial charge >= 0.3 is 0 Å². The summed E-state index contributed by atoms with van der Waals surface area (Å²) >= 11 is 0. The third kappa shape index (κ3) is 3.30. The van der Waals surface area contributed by atoms with Gasteiger partial charge in [0.05, 0.1) is 0 Å². The molecule has 0 aliphatic rings. The Kier molecular flexibility index (Phi) is 4.12. The van der Waals surface area contributed by atoms with Crippen LogP contribution in [0.3, 0.4) is 0 Å². The fraction of sp³-hybridized carbons (Fsp3) is 0.333. The molecule has 0 unspecified atom stereocenters. The Morgan fingerprint density at radius 1 is 1.14 bits per heavy atom. The monoisotopic (exact) mass is 283 g/mol. The maximum absolute atomic E-state index is 12.7. The summed E-state index contributed by atoms with van der Waals surface area (Å²) < 4.78 is 0. The number of benzene rings is 2. The van der Waals surface area contributed by atoms with Crippen LogP contribution in [0.4, 0.5) is 0 Å². The summed E-state index contributed by atoms with van der Waals surface area (Å²) in [6, 6.07) is 11.1. The first-order valence-electron chi connectivity index (χ1n) is 7.06. The van der Waals surface area contributed by atoms with Crippen LogP contribution in [0, 0.1) is 5.41 Å². The van der Waals surface area contributed by atoms with Gasteiger partial charge in [-0.2, -0.15) is 0 Å². The number of carbonyl (C=O) groups is 2. The number of rotatable bonds is 3. The second-order valence-electron chi connectivity index (χ2n) is 6.59. The van der Waals surface area contributed by atoms with E-state index in [1.165, 1.54) is 0 Å². The number of hydrogen-bond acceptors (Lipinski definition) is 2. The van der Waals surface area contributed by atoms with Gasteiger partial charge in [0, 0.05) is 30.1 Å². The molecular weight excluding hydrogens is 262 g/mol. The molecule has 0 aliphatic heterocycles. The predicted octanol–water partition coefficient (Wildman–Crippen LogP) is 3.77. The molecule has 0 aliphatic carbocycles. The molecule has 3 heteroatoms. The highest BCUT2D eigenvalue weighted by atomic mass is 16.2. The molecule has 1 amide bonds. The van der Waals surface area contributed by atoms with Crippen LogP contribution in [0.25, 0.3) is 10.8 Å². The number of carbonyl (C=O) groups excluding carboxylic acids is 2. The zero-order valence-corrected chi connectivity index (χ0v) is 13.0. The Morgan fingerprint density at radius 2 is 1.76 bits per heavy atom. The molecule has 2 aromatic carbocycles. The summed E-state index contributed by atoms with van der Waals surface area (Å²) in [5, 5.41) is 1.65. The Bertz CT molecular complexity index is 678. The largest absolute Gasteiger partial charge is 0.341 e. The van der Waals surface area contributed by atoms with E-state index in [2.05, 4.69) is 20.8 Å². The lowest BCUT2D eigenvalue weighted by Gasteiger charge is -2.27. The predicted molar refractivity (Wildman–Crippen MR) is 85.8 cm³/mol. The lowest BCUT2D eigenvalue weighted by atomic mass is 9.95. The maximum atomic E-state index is 12.7. The number of nitrogens with zero attached hydrogens (tertiary/aromatic N) is 1. The summed E-state index contributed by atoms with van der Waals surface area (Å²) in [4.78, 5) is 25.7. The van der Waals surface area contributed by atoms with Crippen LogP contribution in [0.1, 0.15) is 41.5 Å². The smallest absolute Gasteiger partial charge is 0.254 e. The van der Waals surface area contributed by atoms with E-state index >= 15 is 0 Å². The summed E-state index contributed by atoms with van der Waals surface area (Å²) in [5.41, 5.74) is 1.17. The Labute approximate surface area is 125 Å². The molecule has 2 aromatic rings. The van der Waals surface area contributed by atoms with Crippen LogP contribution in [0.5, 0.6) is 0 Å². The molecule has 2 rings (SSSR count). The Balaban J connectivity index is 2.51. The van der Waals surface area contributed by atoms with Crippen molar-refractivity contribution in [3.05, 3.63) is 47.5 Å². The van der Waals surface area contributed by atoms with Crippen LogP contribution in [-0.4, -0.2) is 30.7 Å². The van der Waals surface area contributed by atoms with Gasteiger partial charge in [0.1, 0.15) is 0 Å². The lowest BCUT2D eigenvalue weighted by molar-refractivity contribution is 0.0747. The van der Waals surface area contributed by atoms with E-state index in [9.17, 15) is 9.59 Å². The quantitative estimate of drug-likeness (QED) is 0.804. The molecule has 0 N–H and O–H groups in total. The standard InChI is InChI=1S/C18H21NO2/c1-18(2,3)12-19(4)17(21)15-10-6-8-13-7-5-9-14(11-20)16(13)15/h5-11H,12H2,1-4H3. The second-order valence-corrected chi connectivity index (χ2v) is 6.59. The van der Waals surface area contributed by atoms with Crippen LogP contribution < -0.4 is 0 Å². The molecule has 110 valence electrons. The average molecular weight is 283 g/mol. The summed E-state index contributed by atoms with van der Waals surface area (Å²) in [7, 11) is 1.80. The minimum atomic E-state index is -0.0511. The SMILES string of the molecule is CN(CC(C)(C)C)C(=O)c1cccc2cccc(C=O)c12. The molecule has 0 spiro atoms. The lowest BCUT2D eigenvalue weighted by Crippen LogP contribution is -2.34. The normalized spacial score (nSPS) is 11.4. The fourth-order valence-corrected chi connectivity index (χ4v) is 2.64. The molecule has 0 radical (unpaired) electrons. The van der Waals surface area contributed by atoms with Crippen molar-refractivity contribution in [2.75, 3.05) is 13.6 Å². The molecule has 0 bridgehead atoms. The number of aldehydes is 1. The van der Waals surface area contributed by atoms with Gasteiger partial charge in [0.25, 0.3) is 5.91 Å². The van der Waals surface area contributed by atoms with E-state index in [1.807, 2.05) is 24.3 Å². The highest BCUT2D eigenvalue weighted by Gasteiger charge is 2.21. The van der Waals surface area contributed by atoms with Crippen molar-refractivity contribution in [3.8, 4) is 0 Å². The molecule has 0 fully saturated rings. The molecule has 0 heterocycles. The summed E-state index contributed by atoms with van der Waals surface area (Å²) in [5.74, 6) is -0.0511. The van der Waals surface area contributed by atoms with Gasteiger partial charge in [-0.25, -0.2) is 0 Å². The van der Waals surface area contributed by atoms with E-state index in [0.717, 1.165) is 17.1 Å². The first kappa shape index (κ1) is 15.2. The molecular formula is C18H21NO2. The van der Waals surface area contributed by atoms with Crippen LogP contribution in [0.2, 0.25) is 0 Å². The Hall–Kier alpha value is -2.16. The number of fused-ring (bicyclic) bond motifs is 1. The van der Waals surface area contributed by atoms with Crippen LogP contribution in [0.15, 0.2) is 36.4 Å². The molecule has 0 aromatic heterocycles. The zero-order valence-electron chi connectivity index (χ0n) is 13.0. The molecule has 0 saturated carbocycles. The topological polar surface area (TPSA) is 37.4 Å². The van der Waals surface area contributed by atoms with Gasteiger partial charge in [-0.15, -0.1) is 0 Å². The second kappa shape index (κ2) is 5.68. The van der Waals surface area contributed by atoms with E-state index in [-0.39, 0.29) is 11.3 Å². The minimum Gasteiger partial charge on any atom is -0.341 e. The van der Waals surface area contributed by atoms with Crippen molar-refractivity contribution in [1.82, 2.24) is 4.90 Å². The summed E-state index contributed by atoms with van der Waals surface area (Å²) in [6.45, 7) is 6.94. The highest BCUT2D eigenvalue weighted by Crippen LogP contribution is 2.24. The van der Waals surface area contributed by atoms with Crippen molar-refractivity contribution in [2.24, 2.45) is 5.41 Å². The van der Waals surface area contributed by atoms with E-state index in [1.54, 1.807) is 24.1 Å². The van der Waals surface area contributed by atoms with Crippen molar-refractivity contribution in [1.29, 1.82) is 0 Å². The van der Waals surface area contributed by atoms with Crippen LogP contribution >= 0.6 is 0 Å². The van der Waals surface area contributed by atoms with Gasteiger partial charge in [-0.05, 0) is 16.9 Å². The van der Waals surface area contributed by atoms with Gasteiger partial charge in [0.15, 0.2) is 6.29 Å². The fourth-order valence-electron chi connectivity index (χ4n) is 2.64. The average Bonchev–Trinajstić information content (AvgIpc) is 2.43. The molecule has 0 saturated heterocycles. The maximum Gasteiger partial charge on any atom is 0.254 e. The van der Waals surface area contributed by atoms with Crippen molar-refractivity contribution in [2.45, 2.75) is 20.8 Å². The van der Waals surface area contributed by atoms with Gasteiger partial charge in [-0.3, -0.25) is 9.59 Å². The van der Waals surface area contributed by atoms with E-state index < -0.39 is 0 Å². The first-order chi connectivity index (χ1) is 9.83. The number of hydrogen-bond donors (Lipinski definition) is 0. The van der Waals surface area contributed by atoms with Gasteiger partial charge < -0.3 is 4.90 Å². The Morgan fingerprint density at radius 3 is 2.33 bits per heavy atom. The van der Waals surface area contributed by atoms with E-state index in [4.69, 9.17) is 0 Å². The third-order valence-corrected chi connectivity index (χ3v) is 3.35. The van der Waals surface area contributed by atoms with Crippen molar-refractivity contribution in [3.63, 3.8) is 0 Å². The third-order valence-electron chi connectivity index (χ3n) is 3.35. The molecule has 0 atom stereocenters. The van der Waals surface area contributed by atoms with Gasteiger partial charge in [-0.1, -0.05) is 51.1 Å². The summed E-state index contributed by atoms with van der Waals surface area (Å²) in [6.07, 6.45) is 0.808. The van der Waals surface area contributed by atoms with Crippen molar-refractivity contribution >= 4 is 23.0 Å². The number of amides is 1. The van der Waals surface area contributed by atoms with E-state index in [0.29, 0.717) is 17.7 Å². The minimum absolute atomic E-state index is 0.0302. The van der Waals surface area contributed by atoms with Gasteiger partial charge in [0.2, 0.25) is 0 Å². The molecule has 3 nitrogen and oxygen atoms in total. The highest BCUT2D eigenvalue weighted by molar-refractivity contribution is 6.12. The molecule has 21 heavy (non-hydrogen) atoms. The van der Waals surface area contributed by atoms with Crippen LogP contribution in [-0.2, 0) is 0 Å².